The van der Waals surface area contributed by atoms with E-state index in [0.29, 0.717) is 0 Å². The number of nitrogens with zero attached hydrogens (tertiary/aromatic N) is 3. The first-order valence-corrected chi connectivity index (χ1v) is 12.3. The fraction of sp³-hybridized carbons (Fsp3) is 0.481. The first kappa shape index (κ1) is 27.4. The maximum Gasteiger partial charge on any atom is 0.414 e. The van der Waals surface area contributed by atoms with Crippen molar-refractivity contribution in [3.63, 3.8) is 0 Å². The van der Waals surface area contributed by atoms with Gasteiger partial charge < -0.3 is 19.7 Å². The summed E-state index contributed by atoms with van der Waals surface area (Å²) in [7, 11) is 3.43. The molecule has 0 spiro atoms. The van der Waals surface area contributed by atoms with Gasteiger partial charge in [-0.3, -0.25) is 14.7 Å². The first-order valence-electron chi connectivity index (χ1n) is 12.3. The van der Waals surface area contributed by atoms with Crippen molar-refractivity contribution in [2.75, 3.05) is 53.5 Å². The Kier molecular flexibility index (Phi) is 10.5. The number of ether oxygens (including phenoxy) is 2. The van der Waals surface area contributed by atoms with E-state index in [1.807, 2.05) is 12.1 Å². The van der Waals surface area contributed by atoms with E-state index in [1.54, 1.807) is 14.2 Å². The van der Waals surface area contributed by atoms with E-state index in [0.717, 1.165) is 43.7 Å². The summed E-state index contributed by atoms with van der Waals surface area (Å²) in [4.78, 5) is 26.1. The molecule has 0 bridgehead atoms. The lowest BCUT2D eigenvalue weighted by Gasteiger charge is -2.43. The molecule has 0 aromatic heterocycles. The Labute approximate surface area is 212 Å². The summed E-state index contributed by atoms with van der Waals surface area (Å²) in [6.45, 7) is 9.04. The van der Waals surface area contributed by atoms with Crippen molar-refractivity contribution < 1.29 is 29.3 Å². The monoisotopic (exact) mass is 499 g/mol. The molecule has 2 aromatic rings. The Bertz CT molecular complexity index is 959. The van der Waals surface area contributed by atoms with Crippen LogP contribution >= 0.6 is 0 Å². The van der Waals surface area contributed by atoms with E-state index in [1.165, 1.54) is 50.1 Å². The number of benzene rings is 2. The molecule has 196 valence electrons. The number of carboxylic acids is 2. The summed E-state index contributed by atoms with van der Waals surface area (Å²) in [5.74, 6) is -1.88. The van der Waals surface area contributed by atoms with E-state index in [-0.39, 0.29) is 0 Å². The molecule has 0 aliphatic carbocycles. The summed E-state index contributed by atoms with van der Waals surface area (Å²) in [6.07, 6.45) is 2.58. The normalized spacial score (nSPS) is 17.6. The third-order valence-corrected chi connectivity index (χ3v) is 6.80. The second-order valence-corrected chi connectivity index (χ2v) is 9.09. The Hall–Kier alpha value is -3.14. The minimum Gasteiger partial charge on any atom is -0.497 e. The van der Waals surface area contributed by atoms with Crippen molar-refractivity contribution in [2.45, 2.75) is 32.0 Å². The lowest BCUT2D eigenvalue weighted by atomic mass is 10.0. The highest BCUT2D eigenvalue weighted by molar-refractivity contribution is 6.27. The van der Waals surface area contributed by atoms with Gasteiger partial charge in [-0.05, 0) is 37.6 Å². The standard InChI is InChI=1S/C25H35N3O2.C2H2O4/c1-29-24-9-8-22(25(18-24)30-2)20-27-14-16-28(17-15-27)23-10-12-26(13-11-23)19-21-6-4-3-5-7-21;3-1(4)2(5)6/h3-9,18,23H,10-17,19-20H2,1-2H3;(H,3,4)(H,5,6). The molecule has 2 heterocycles. The average molecular weight is 500 g/mol. The number of likely N-dealkylation sites (tertiary alicyclic amines) is 1. The molecule has 0 atom stereocenters. The van der Waals surface area contributed by atoms with Crippen LogP contribution in [0.15, 0.2) is 48.5 Å². The number of aliphatic carboxylic acids is 2. The number of piperidine rings is 1. The minimum atomic E-state index is -1.82. The zero-order valence-electron chi connectivity index (χ0n) is 21.1. The van der Waals surface area contributed by atoms with Crippen LogP contribution < -0.4 is 9.47 Å². The van der Waals surface area contributed by atoms with Gasteiger partial charge in [-0.1, -0.05) is 36.4 Å². The van der Waals surface area contributed by atoms with Crippen molar-refractivity contribution in [3.05, 3.63) is 59.7 Å². The number of carbonyl (C=O) groups is 2. The van der Waals surface area contributed by atoms with Crippen LogP contribution in [0.2, 0.25) is 0 Å². The van der Waals surface area contributed by atoms with Gasteiger partial charge in [0, 0.05) is 56.9 Å². The number of carboxylic acid groups (broad SMARTS) is 2. The number of rotatable bonds is 7. The van der Waals surface area contributed by atoms with Gasteiger partial charge in [-0.2, -0.15) is 0 Å². The quantitative estimate of drug-likeness (QED) is 0.557. The molecule has 2 fully saturated rings. The Morgan fingerprint density at radius 3 is 1.97 bits per heavy atom. The fourth-order valence-electron chi connectivity index (χ4n) is 4.79. The molecule has 2 N–H and O–H groups in total. The van der Waals surface area contributed by atoms with Gasteiger partial charge in [-0.15, -0.1) is 0 Å². The zero-order valence-corrected chi connectivity index (χ0v) is 21.1. The van der Waals surface area contributed by atoms with Crippen LogP contribution in [0.3, 0.4) is 0 Å². The number of hydrogen-bond donors (Lipinski definition) is 2. The lowest BCUT2D eigenvalue weighted by molar-refractivity contribution is -0.159. The maximum atomic E-state index is 9.10. The van der Waals surface area contributed by atoms with Crippen molar-refractivity contribution in [2.24, 2.45) is 0 Å². The van der Waals surface area contributed by atoms with Crippen LogP contribution in [0.4, 0.5) is 0 Å². The van der Waals surface area contributed by atoms with Crippen LogP contribution in [0.25, 0.3) is 0 Å². The lowest BCUT2D eigenvalue weighted by Crippen LogP contribution is -2.52. The van der Waals surface area contributed by atoms with E-state index in [9.17, 15) is 0 Å². The molecule has 2 aliphatic rings. The van der Waals surface area contributed by atoms with Crippen molar-refractivity contribution in [3.8, 4) is 11.5 Å². The largest absolute Gasteiger partial charge is 0.497 e. The fourth-order valence-corrected chi connectivity index (χ4v) is 4.79. The van der Waals surface area contributed by atoms with Gasteiger partial charge in [-0.25, -0.2) is 9.59 Å². The van der Waals surface area contributed by atoms with E-state index in [4.69, 9.17) is 29.3 Å². The van der Waals surface area contributed by atoms with Crippen molar-refractivity contribution in [1.29, 1.82) is 0 Å². The Morgan fingerprint density at radius 2 is 1.42 bits per heavy atom. The maximum absolute atomic E-state index is 9.10. The minimum absolute atomic E-state index is 0.745. The van der Waals surface area contributed by atoms with Crippen LogP contribution in [-0.4, -0.2) is 96.4 Å². The molecule has 0 radical (unpaired) electrons. The highest BCUT2D eigenvalue weighted by Crippen LogP contribution is 2.27. The second-order valence-electron chi connectivity index (χ2n) is 9.09. The van der Waals surface area contributed by atoms with Crippen LogP contribution in [0, 0.1) is 0 Å². The van der Waals surface area contributed by atoms with Crippen LogP contribution in [0.1, 0.15) is 24.0 Å². The molecule has 0 saturated carbocycles. The zero-order chi connectivity index (χ0) is 25.9. The second kappa shape index (κ2) is 13.8. The Balaban J connectivity index is 0.000000538. The third kappa shape index (κ3) is 8.22. The summed E-state index contributed by atoms with van der Waals surface area (Å²) in [5, 5.41) is 14.8. The molecule has 2 saturated heterocycles. The van der Waals surface area contributed by atoms with Crippen LogP contribution in [-0.2, 0) is 22.7 Å². The topological polar surface area (TPSA) is 103 Å². The molecular formula is C27H37N3O6. The summed E-state index contributed by atoms with van der Waals surface area (Å²) in [6, 6.07) is 17.7. The predicted molar refractivity (Wildman–Crippen MR) is 136 cm³/mol. The molecule has 4 rings (SSSR count). The summed E-state index contributed by atoms with van der Waals surface area (Å²) < 4.78 is 10.9. The number of methoxy groups -OCH3 is 2. The summed E-state index contributed by atoms with van der Waals surface area (Å²) >= 11 is 0. The molecule has 9 heteroatoms. The number of piperazine rings is 1. The molecule has 36 heavy (non-hydrogen) atoms. The van der Waals surface area contributed by atoms with E-state index < -0.39 is 11.9 Å². The van der Waals surface area contributed by atoms with E-state index in [2.05, 4.69) is 51.1 Å². The molecule has 0 unspecified atom stereocenters. The van der Waals surface area contributed by atoms with Gasteiger partial charge >= 0.3 is 11.9 Å². The SMILES string of the molecule is COc1ccc(CN2CCN(C3CCN(Cc4ccccc4)CC3)CC2)c(OC)c1.O=C(O)C(=O)O. The average Bonchev–Trinajstić information content (AvgIpc) is 2.91. The molecule has 0 amide bonds. The van der Waals surface area contributed by atoms with Crippen LogP contribution in [0.5, 0.6) is 11.5 Å². The van der Waals surface area contributed by atoms with Crippen molar-refractivity contribution >= 4 is 11.9 Å². The number of hydrogen-bond acceptors (Lipinski definition) is 7. The van der Waals surface area contributed by atoms with Gasteiger partial charge in [0.05, 0.1) is 14.2 Å². The van der Waals surface area contributed by atoms with Gasteiger partial charge in [0.25, 0.3) is 0 Å². The third-order valence-electron chi connectivity index (χ3n) is 6.80. The van der Waals surface area contributed by atoms with Gasteiger partial charge in [0.1, 0.15) is 11.5 Å². The van der Waals surface area contributed by atoms with Gasteiger partial charge in [0.15, 0.2) is 0 Å². The molecule has 9 nitrogen and oxygen atoms in total. The molecule has 2 aromatic carbocycles. The molecule has 2 aliphatic heterocycles. The highest BCUT2D eigenvalue weighted by Gasteiger charge is 2.27. The van der Waals surface area contributed by atoms with Gasteiger partial charge in [0.2, 0.25) is 0 Å². The smallest absolute Gasteiger partial charge is 0.414 e. The Morgan fingerprint density at radius 1 is 0.806 bits per heavy atom. The van der Waals surface area contributed by atoms with E-state index >= 15 is 0 Å². The van der Waals surface area contributed by atoms with Crippen molar-refractivity contribution in [1.82, 2.24) is 14.7 Å². The summed E-state index contributed by atoms with van der Waals surface area (Å²) in [5.41, 5.74) is 2.67. The predicted octanol–water partition coefficient (Wildman–Crippen LogP) is 2.64. The molecular weight excluding hydrogens is 462 g/mol. The first-order chi connectivity index (χ1) is 17.4. The highest BCUT2D eigenvalue weighted by atomic mass is 16.5.